The van der Waals surface area contributed by atoms with Gasteiger partial charge in [0.2, 0.25) is 0 Å². The minimum absolute atomic E-state index is 0.0836. The summed E-state index contributed by atoms with van der Waals surface area (Å²) in [4.78, 5) is 26.9. The van der Waals surface area contributed by atoms with Crippen LogP contribution in [-0.2, 0) is 20.5 Å². The number of hydrogen-bond donors (Lipinski definition) is 1. The number of carbonyl (C=O) groups excluding carboxylic acids is 1. The predicted molar refractivity (Wildman–Crippen MR) is 210 cm³/mol. The van der Waals surface area contributed by atoms with Gasteiger partial charge in [-0.15, -0.1) is 0 Å². The predicted octanol–water partition coefficient (Wildman–Crippen LogP) is 7.96. The summed E-state index contributed by atoms with van der Waals surface area (Å²) in [6.45, 7) is 19.1. The van der Waals surface area contributed by atoms with Crippen LogP contribution in [0.5, 0.6) is 5.75 Å². The van der Waals surface area contributed by atoms with Crippen LogP contribution in [0.2, 0.25) is 10.1 Å². The lowest BCUT2D eigenvalue weighted by molar-refractivity contribution is 0.00671. The summed E-state index contributed by atoms with van der Waals surface area (Å²) in [5, 5.41) is 2.39. The maximum atomic E-state index is 13.7. The first kappa shape index (κ1) is 39.9. The first-order valence-corrected chi connectivity index (χ1v) is 19.6. The highest BCUT2D eigenvalue weighted by Crippen LogP contribution is 2.40. The van der Waals surface area contributed by atoms with Crippen LogP contribution in [0.25, 0.3) is 11.3 Å². The maximum Gasteiger partial charge on any atom is 0.344 e. The molecule has 0 aliphatic heterocycles. The van der Waals surface area contributed by atoms with Crippen LogP contribution in [-0.4, -0.2) is 50.4 Å². The molecule has 0 radical (unpaired) electrons. The van der Waals surface area contributed by atoms with E-state index >= 15 is 0 Å². The fourth-order valence-electron chi connectivity index (χ4n) is 6.08. The third kappa shape index (κ3) is 9.92. The van der Waals surface area contributed by atoms with Gasteiger partial charge in [0.15, 0.2) is 5.43 Å². The molecule has 0 fully saturated rings. The summed E-state index contributed by atoms with van der Waals surface area (Å²) >= 11 is 6.93. The molecule has 0 saturated carbocycles. The van der Waals surface area contributed by atoms with Gasteiger partial charge in [-0.3, -0.25) is 9.47 Å². The van der Waals surface area contributed by atoms with Crippen molar-refractivity contribution in [1.82, 2.24) is 4.68 Å². The van der Waals surface area contributed by atoms with Crippen molar-refractivity contribution in [3.05, 3.63) is 111 Å². The summed E-state index contributed by atoms with van der Waals surface area (Å²) in [5.41, 5.74) is 3.60. The number of methoxy groups -OCH3 is 1. The molecule has 4 rings (SSSR count). The van der Waals surface area contributed by atoms with E-state index in [0.29, 0.717) is 41.7 Å². The molecule has 3 aromatic carbocycles. The largest absolute Gasteiger partial charge is 0.492 e. The van der Waals surface area contributed by atoms with E-state index in [2.05, 4.69) is 74.7 Å². The van der Waals surface area contributed by atoms with Crippen molar-refractivity contribution in [3.63, 3.8) is 0 Å². The second-order valence-electron chi connectivity index (χ2n) is 15.8. The fourth-order valence-corrected chi connectivity index (χ4v) is 10.8. The highest BCUT2D eigenvalue weighted by atomic mass is 35.5. The number of carbonyl (C=O) groups is 1. The fraction of sp³-hybridized carbons (Fsp3) is 0.415. The average Bonchev–Trinajstić information content (AvgIpc) is 3.04. The highest BCUT2D eigenvalue weighted by molar-refractivity contribution is 6.99. The molecule has 1 aromatic heterocycles. The number of pyridine rings is 1. The molecule has 4 aromatic rings. The Bertz CT molecular complexity index is 1800. The Morgan fingerprint density at radius 1 is 0.843 bits per heavy atom. The van der Waals surface area contributed by atoms with Gasteiger partial charge in [0.1, 0.15) is 16.9 Å². The van der Waals surface area contributed by atoms with Gasteiger partial charge >= 0.3 is 5.97 Å². The third-order valence-corrected chi connectivity index (χ3v) is 13.4. The van der Waals surface area contributed by atoms with E-state index in [9.17, 15) is 9.59 Å². The second-order valence-corrected chi connectivity index (χ2v) is 20.5. The van der Waals surface area contributed by atoms with Crippen LogP contribution in [0, 0.1) is 0 Å². The molecule has 0 saturated heterocycles. The molecule has 8 nitrogen and oxygen atoms in total. The molecule has 1 N–H and O–H groups in total. The van der Waals surface area contributed by atoms with Gasteiger partial charge in [-0.1, -0.05) is 93.0 Å². The van der Waals surface area contributed by atoms with E-state index in [1.54, 1.807) is 38.6 Å². The molecule has 0 unspecified atom stereocenters. The van der Waals surface area contributed by atoms with E-state index < -0.39 is 30.9 Å². The van der Waals surface area contributed by atoms with Gasteiger partial charge < -0.3 is 24.1 Å². The number of rotatable bonds is 13. The standard InChI is InChI=1S/C41H53ClN2O6Si/c1-39(2,3)43-44-27-33(38(46)50-40(4,5)6)36(45)26-35(44)32-25-34(42)37(48-23-17-22-47-10)24-29(32)28-49-51(41(7,8)9,30-18-13-11-14-19-30)31-20-15-12-16-21-31/h11-16,18-21,24-27,43H,17,22-23,28H2,1-10H3. The highest BCUT2D eigenvalue weighted by Gasteiger charge is 2.50. The van der Waals surface area contributed by atoms with Gasteiger partial charge in [-0.05, 0) is 74.7 Å². The number of halogens is 1. The number of esters is 1. The zero-order valence-corrected chi connectivity index (χ0v) is 33.4. The number of hydrogen-bond acceptors (Lipinski definition) is 7. The summed E-state index contributed by atoms with van der Waals surface area (Å²) < 4.78 is 26.1. The Morgan fingerprint density at radius 3 is 1.94 bits per heavy atom. The summed E-state index contributed by atoms with van der Waals surface area (Å²) in [6, 6.07) is 26.0. The van der Waals surface area contributed by atoms with E-state index in [1.165, 1.54) is 12.3 Å². The van der Waals surface area contributed by atoms with Gasteiger partial charge in [0.05, 0.1) is 23.9 Å². The average molecular weight is 733 g/mol. The van der Waals surface area contributed by atoms with Gasteiger partial charge in [0.25, 0.3) is 8.32 Å². The first-order chi connectivity index (χ1) is 23.9. The quantitative estimate of drug-likeness (QED) is 0.0848. The van der Waals surface area contributed by atoms with Crippen LogP contribution in [0.3, 0.4) is 0 Å². The van der Waals surface area contributed by atoms with E-state index in [4.69, 9.17) is 30.2 Å². The van der Waals surface area contributed by atoms with Crippen LogP contribution in [0.15, 0.2) is 89.9 Å². The van der Waals surface area contributed by atoms with Crippen LogP contribution in [0.1, 0.15) is 84.7 Å². The monoisotopic (exact) mass is 732 g/mol. The van der Waals surface area contributed by atoms with Crippen molar-refractivity contribution in [2.24, 2.45) is 0 Å². The SMILES string of the molecule is COCCCOc1cc(CO[Si](c2ccccc2)(c2ccccc2)C(C)(C)C)c(-c2cc(=O)c(C(=O)OC(C)(C)C)cn2NC(C)(C)C)cc1Cl. The Balaban J connectivity index is 1.96. The zero-order chi connectivity index (χ0) is 37.6. The van der Waals surface area contributed by atoms with Crippen molar-refractivity contribution in [3.8, 4) is 17.0 Å². The molecule has 274 valence electrons. The Morgan fingerprint density at radius 2 is 1.43 bits per heavy atom. The molecule has 10 heteroatoms. The molecule has 1 heterocycles. The Labute approximate surface area is 309 Å². The minimum atomic E-state index is -2.97. The molecule has 0 aliphatic carbocycles. The topological polar surface area (TPSA) is 88.0 Å². The molecule has 0 bridgehead atoms. The maximum absolute atomic E-state index is 13.7. The molecule has 0 aliphatic rings. The van der Waals surface area contributed by atoms with Crippen LogP contribution >= 0.6 is 11.6 Å². The molecule has 0 spiro atoms. The summed E-state index contributed by atoms with van der Waals surface area (Å²) in [6.07, 6.45) is 2.19. The lowest BCUT2D eigenvalue weighted by atomic mass is 10.0. The second kappa shape index (κ2) is 16.2. The zero-order valence-electron chi connectivity index (χ0n) is 31.7. The number of benzene rings is 3. The van der Waals surface area contributed by atoms with Crippen molar-refractivity contribution < 1.29 is 23.4 Å². The number of nitrogens with one attached hydrogen (secondary N) is 1. The number of ether oxygens (including phenoxy) is 3. The summed E-state index contributed by atoms with van der Waals surface area (Å²) in [7, 11) is -1.31. The lowest BCUT2D eigenvalue weighted by Gasteiger charge is -2.43. The van der Waals surface area contributed by atoms with Crippen molar-refractivity contribution >= 4 is 36.3 Å². The smallest absolute Gasteiger partial charge is 0.344 e. The lowest BCUT2D eigenvalue weighted by Crippen LogP contribution is -2.66. The van der Waals surface area contributed by atoms with Gasteiger partial charge in [0, 0.05) is 43.5 Å². The minimum Gasteiger partial charge on any atom is -0.492 e. The number of aromatic nitrogens is 1. The van der Waals surface area contributed by atoms with Gasteiger partial charge in [-0.25, -0.2) is 4.79 Å². The van der Waals surface area contributed by atoms with Crippen LogP contribution in [0.4, 0.5) is 0 Å². The Kier molecular flexibility index (Phi) is 12.7. The van der Waals surface area contributed by atoms with Crippen LogP contribution < -0.4 is 26.0 Å². The number of nitrogens with zero attached hydrogens (tertiary/aromatic N) is 1. The Hall–Kier alpha value is -3.89. The van der Waals surface area contributed by atoms with E-state index in [-0.39, 0.29) is 17.2 Å². The molecular weight excluding hydrogens is 680 g/mol. The van der Waals surface area contributed by atoms with E-state index in [0.717, 1.165) is 15.9 Å². The molecular formula is C41H53ClN2O6Si. The van der Waals surface area contributed by atoms with Crippen molar-refractivity contribution in [2.75, 3.05) is 25.7 Å². The molecule has 51 heavy (non-hydrogen) atoms. The van der Waals surface area contributed by atoms with Gasteiger partial charge in [-0.2, -0.15) is 0 Å². The summed E-state index contributed by atoms with van der Waals surface area (Å²) in [5.74, 6) is -0.197. The normalized spacial score (nSPS) is 12.5. The van der Waals surface area contributed by atoms with Crippen molar-refractivity contribution in [2.45, 2.75) is 91.5 Å². The van der Waals surface area contributed by atoms with Crippen molar-refractivity contribution in [1.29, 1.82) is 0 Å². The molecule has 0 amide bonds. The van der Waals surface area contributed by atoms with E-state index in [1.807, 2.05) is 39.0 Å². The molecule has 0 atom stereocenters. The third-order valence-electron chi connectivity index (χ3n) is 8.17. The first-order valence-electron chi connectivity index (χ1n) is 17.3.